The monoisotopic (exact) mass is 217 g/mol. The Morgan fingerprint density at radius 2 is 1.86 bits per heavy atom. The second-order valence-corrected chi connectivity index (χ2v) is 5.29. The number of sulfonamides is 1. The molecule has 0 amide bonds. The van der Waals surface area contributed by atoms with E-state index in [9.17, 15) is 12.8 Å². The number of nitrogens with zero attached hydrogens (tertiary/aromatic N) is 1. The molecule has 0 spiro atoms. The van der Waals surface area contributed by atoms with Gasteiger partial charge in [0, 0.05) is 14.1 Å². The quantitative estimate of drug-likeness (QED) is 0.750. The lowest BCUT2D eigenvalue weighted by atomic mass is 10.2. The summed E-state index contributed by atoms with van der Waals surface area (Å²) in [5.74, 6) is -0.679. The highest BCUT2D eigenvalue weighted by molar-refractivity contribution is 7.89. The van der Waals surface area contributed by atoms with Gasteiger partial charge in [-0.05, 0) is 18.6 Å². The van der Waals surface area contributed by atoms with E-state index in [1.165, 1.54) is 39.2 Å². The highest BCUT2D eigenvalue weighted by atomic mass is 32.2. The predicted molar refractivity (Wildman–Crippen MR) is 52.0 cm³/mol. The molecule has 0 unspecified atom stereocenters. The molecule has 0 fully saturated rings. The molecule has 78 valence electrons. The maximum atomic E-state index is 13.5. The Hall–Kier alpha value is -0.940. The second kappa shape index (κ2) is 3.67. The van der Waals surface area contributed by atoms with Crippen LogP contribution < -0.4 is 0 Å². The van der Waals surface area contributed by atoms with E-state index in [4.69, 9.17) is 0 Å². The van der Waals surface area contributed by atoms with Crippen molar-refractivity contribution in [3.63, 3.8) is 0 Å². The first kappa shape index (κ1) is 11.1. The van der Waals surface area contributed by atoms with Gasteiger partial charge < -0.3 is 0 Å². The van der Waals surface area contributed by atoms with Crippen LogP contribution in [0.5, 0.6) is 0 Å². The summed E-state index contributed by atoms with van der Waals surface area (Å²) < 4.78 is 37.6. The first-order valence-electron chi connectivity index (χ1n) is 4.05. The summed E-state index contributed by atoms with van der Waals surface area (Å²) in [6.07, 6.45) is 0. The molecule has 0 aliphatic rings. The van der Waals surface area contributed by atoms with Gasteiger partial charge in [0.15, 0.2) is 0 Å². The number of rotatable bonds is 2. The topological polar surface area (TPSA) is 37.4 Å². The zero-order valence-corrected chi connectivity index (χ0v) is 9.10. The van der Waals surface area contributed by atoms with Crippen molar-refractivity contribution in [3.8, 4) is 0 Å². The average molecular weight is 217 g/mol. The minimum Gasteiger partial charge on any atom is -0.207 e. The van der Waals surface area contributed by atoms with Gasteiger partial charge in [0.2, 0.25) is 10.0 Å². The van der Waals surface area contributed by atoms with E-state index in [-0.39, 0.29) is 4.90 Å². The van der Waals surface area contributed by atoms with Crippen molar-refractivity contribution in [2.75, 3.05) is 14.1 Å². The Balaban J connectivity index is 3.42. The van der Waals surface area contributed by atoms with Gasteiger partial charge in [0.25, 0.3) is 0 Å². The lowest BCUT2D eigenvalue weighted by Gasteiger charge is -2.12. The van der Waals surface area contributed by atoms with Gasteiger partial charge >= 0.3 is 0 Å². The van der Waals surface area contributed by atoms with Gasteiger partial charge in [0.1, 0.15) is 10.7 Å². The Morgan fingerprint density at radius 1 is 1.29 bits per heavy atom. The lowest BCUT2D eigenvalue weighted by Crippen LogP contribution is -2.23. The van der Waals surface area contributed by atoms with Crippen LogP contribution in [0.2, 0.25) is 0 Å². The van der Waals surface area contributed by atoms with Crippen LogP contribution in [0.4, 0.5) is 4.39 Å². The first-order valence-corrected chi connectivity index (χ1v) is 5.49. The molecular weight excluding hydrogens is 205 g/mol. The maximum Gasteiger partial charge on any atom is 0.245 e. The molecule has 0 saturated heterocycles. The number of halogens is 1. The number of hydrogen-bond donors (Lipinski definition) is 0. The summed E-state index contributed by atoms with van der Waals surface area (Å²) in [6.45, 7) is 1.53. The second-order valence-electron chi connectivity index (χ2n) is 3.17. The third-order valence-electron chi connectivity index (χ3n) is 1.91. The van der Waals surface area contributed by atoms with Gasteiger partial charge in [-0.25, -0.2) is 17.1 Å². The summed E-state index contributed by atoms with van der Waals surface area (Å²) in [6, 6.07) is 4.32. The van der Waals surface area contributed by atoms with E-state index in [2.05, 4.69) is 0 Å². The van der Waals surface area contributed by atoms with Crippen LogP contribution >= 0.6 is 0 Å². The van der Waals surface area contributed by atoms with E-state index in [0.29, 0.717) is 5.56 Å². The maximum absolute atomic E-state index is 13.5. The summed E-state index contributed by atoms with van der Waals surface area (Å²) in [7, 11) is -0.927. The molecule has 5 heteroatoms. The standard InChI is InChI=1S/C9H12FNO2S/c1-7-5-4-6-8(9(7)10)14(12,13)11(2)3/h4-6H,1-3H3. The van der Waals surface area contributed by atoms with Crippen molar-refractivity contribution in [2.24, 2.45) is 0 Å². The van der Waals surface area contributed by atoms with Crippen LogP contribution in [0.15, 0.2) is 23.1 Å². The van der Waals surface area contributed by atoms with Gasteiger partial charge in [-0.1, -0.05) is 12.1 Å². The van der Waals surface area contributed by atoms with Crippen LogP contribution in [0, 0.1) is 12.7 Å². The molecule has 1 aromatic rings. The lowest BCUT2D eigenvalue weighted by molar-refractivity contribution is 0.506. The molecule has 0 bridgehead atoms. The predicted octanol–water partition coefficient (Wildman–Crippen LogP) is 1.38. The van der Waals surface area contributed by atoms with Crippen LogP contribution in [-0.2, 0) is 10.0 Å². The van der Waals surface area contributed by atoms with Crippen LogP contribution in [0.1, 0.15) is 5.56 Å². The number of benzene rings is 1. The van der Waals surface area contributed by atoms with E-state index in [1.54, 1.807) is 0 Å². The zero-order valence-electron chi connectivity index (χ0n) is 8.28. The van der Waals surface area contributed by atoms with Crippen molar-refractivity contribution in [3.05, 3.63) is 29.6 Å². The van der Waals surface area contributed by atoms with E-state index < -0.39 is 15.8 Å². The zero-order chi connectivity index (χ0) is 10.9. The number of hydrogen-bond acceptors (Lipinski definition) is 2. The minimum absolute atomic E-state index is 0.275. The summed E-state index contributed by atoms with van der Waals surface area (Å²) >= 11 is 0. The Bertz CT molecular complexity index is 440. The molecular formula is C9H12FNO2S. The van der Waals surface area contributed by atoms with Crippen molar-refractivity contribution in [2.45, 2.75) is 11.8 Å². The van der Waals surface area contributed by atoms with Crippen molar-refractivity contribution in [1.82, 2.24) is 4.31 Å². The Morgan fingerprint density at radius 3 is 2.36 bits per heavy atom. The highest BCUT2D eigenvalue weighted by Crippen LogP contribution is 2.19. The molecule has 0 aromatic heterocycles. The Labute approximate surface area is 83.2 Å². The van der Waals surface area contributed by atoms with Crippen LogP contribution in [0.25, 0.3) is 0 Å². The molecule has 0 atom stereocenters. The van der Waals surface area contributed by atoms with E-state index in [0.717, 1.165) is 4.31 Å². The van der Waals surface area contributed by atoms with E-state index in [1.807, 2.05) is 0 Å². The summed E-state index contributed by atoms with van der Waals surface area (Å²) in [5, 5.41) is 0. The Kier molecular flexibility index (Phi) is 2.92. The normalized spacial score (nSPS) is 12.1. The van der Waals surface area contributed by atoms with Crippen molar-refractivity contribution >= 4 is 10.0 Å². The molecule has 0 aliphatic carbocycles. The summed E-state index contributed by atoms with van der Waals surface area (Å²) in [5.41, 5.74) is 0.327. The third kappa shape index (κ3) is 1.78. The molecule has 3 nitrogen and oxygen atoms in total. The van der Waals surface area contributed by atoms with E-state index >= 15 is 0 Å². The molecule has 0 radical (unpaired) electrons. The van der Waals surface area contributed by atoms with Gasteiger partial charge in [0.05, 0.1) is 0 Å². The third-order valence-corrected chi connectivity index (χ3v) is 3.75. The molecule has 0 N–H and O–H groups in total. The molecule has 0 heterocycles. The van der Waals surface area contributed by atoms with Crippen LogP contribution in [-0.4, -0.2) is 26.8 Å². The van der Waals surface area contributed by atoms with Gasteiger partial charge in [-0.3, -0.25) is 0 Å². The first-order chi connectivity index (χ1) is 6.37. The fourth-order valence-electron chi connectivity index (χ4n) is 1.02. The average Bonchev–Trinajstić information content (AvgIpc) is 2.09. The smallest absolute Gasteiger partial charge is 0.207 e. The number of aryl methyl sites for hydroxylation is 1. The molecule has 14 heavy (non-hydrogen) atoms. The van der Waals surface area contributed by atoms with Gasteiger partial charge in [-0.15, -0.1) is 0 Å². The molecule has 0 aliphatic heterocycles. The molecule has 0 saturated carbocycles. The highest BCUT2D eigenvalue weighted by Gasteiger charge is 2.21. The van der Waals surface area contributed by atoms with Crippen molar-refractivity contribution < 1.29 is 12.8 Å². The molecule has 1 rings (SSSR count). The summed E-state index contributed by atoms with van der Waals surface area (Å²) in [4.78, 5) is -0.275. The molecule has 1 aromatic carbocycles. The van der Waals surface area contributed by atoms with Crippen molar-refractivity contribution in [1.29, 1.82) is 0 Å². The van der Waals surface area contributed by atoms with Gasteiger partial charge in [-0.2, -0.15) is 0 Å². The fourth-order valence-corrected chi connectivity index (χ4v) is 2.05. The van der Waals surface area contributed by atoms with Crippen LogP contribution in [0.3, 0.4) is 0 Å². The minimum atomic E-state index is -3.67. The fraction of sp³-hybridized carbons (Fsp3) is 0.333. The SMILES string of the molecule is Cc1cccc(S(=O)(=O)N(C)C)c1F. The largest absolute Gasteiger partial charge is 0.245 e.